The largest absolute Gasteiger partial charge is 0.454 e. The molecule has 5 heteroatoms. The second-order valence-electron chi connectivity index (χ2n) is 6.33. The molecule has 1 atom stereocenters. The molecular weight excluding hydrogens is 280 g/mol. The summed E-state index contributed by atoms with van der Waals surface area (Å²) < 4.78 is 10.9. The van der Waals surface area contributed by atoms with E-state index in [1.54, 1.807) is 0 Å². The molecule has 3 aliphatic rings. The third kappa shape index (κ3) is 2.43. The lowest BCUT2D eigenvalue weighted by Gasteiger charge is -2.37. The van der Waals surface area contributed by atoms with Gasteiger partial charge in [0.2, 0.25) is 6.79 Å². The summed E-state index contributed by atoms with van der Waals surface area (Å²) in [5, 5.41) is 0. The molecule has 3 aliphatic heterocycles. The summed E-state index contributed by atoms with van der Waals surface area (Å²) in [7, 11) is 0. The average molecular weight is 302 g/mol. The minimum absolute atomic E-state index is 0.0752. The van der Waals surface area contributed by atoms with Crippen LogP contribution in [-0.2, 0) is 0 Å². The van der Waals surface area contributed by atoms with Crippen molar-refractivity contribution < 1.29 is 14.3 Å². The molecule has 1 aromatic rings. The number of piperidine rings is 1. The zero-order chi connectivity index (χ0) is 14.9. The number of nitrogens with zero attached hydrogens (tertiary/aromatic N) is 2. The molecule has 5 nitrogen and oxygen atoms in total. The quantitative estimate of drug-likeness (QED) is 0.839. The number of likely N-dealkylation sites (tertiary alicyclic amines) is 2. The summed E-state index contributed by atoms with van der Waals surface area (Å²) >= 11 is 0. The fourth-order valence-corrected chi connectivity index (χ4v) is 3.81. The van der Waals surface area contributed by atoms with Crippen LogP contribution in [0.3, 0.4) is 0 Å². The highest BCUT2D eigenvalue weighted by Gasteiger charge is 2.31. The number of benzene rings is 1. The predicted octanol–water partition coefficient (Wildman–Crippen LogP) is 2.12. The predicted molar refractivity (Wildman–Crippen MR) is 82.3 cm³/mol. The van der Waals surface area contributed by atoms with Crippen molar-refractivity contribution >= 4 is 5.91 Å². The van der Waals surface area contributed by atoms with Gasteiger partial charge in [0.15, 0.2) is 11.5 Å². The van der Waals surface area contributed by atoms with Crippen molar-refractivity contribution in [3.8, 4) is 11.5 Å². The Kier molecular flexibility index (Phi) is 3.66. The van der Waals surface area contributed by atoms with E-state index in [1.807, 2.05) is 23.1 Å². The molecule has 1 amide bonds. The number of hydrogen-bond donors (Lipinski definition) is 0. The van der Waals surface area contributed by atoms with E-state index in [9.17, 15) is 4.79 Å². The van der Waals surface area contributed by atoms with Crippen LogP contribution in [0.2, 0.25) is 0 Å². The number of amides is 1. The first-order chi connectivity index (χ1) is 10.8. The van der Waals surface area contributed by atoms with Gasteiger partial charge in [0, 0.05) is 19.1 Å². The fourth-order valence-electron chi connectivity index (χ4n) is 3.81. The van der Waals surface area contributed by atoms with Crippen LogP contribution >= 0.6 is 0 Å². The van der Waals surface area contributed by atoms with E-state index in [1.165, 1.54) is 32.4 Å². The monoisotopic (exact) mass is 302 g/mol. The summed E-state index contributed by atoms with van der Waals surface area (Å²) in [5.74, 6) is 1.36. The highest BCUT2D eigenvalue weighted by Crippen LogP contribution is 2.36. The fraction of sp³-hybridized carbons (Fsp3) is 0.588. The third-order valence-electron chi connectivity index (χ3n) is 4.97. The van der Waals surface area contributed by atoms with Crippen LogP contribution in [0.5, 0.6) is 11.5 Å². The van der Waals surface area contributed by atoms with Crippen LogP contribution < -0.4 is 9.47 Å². The first-order valence-electron chi connectivity index (χ1n) is 8.25. The molecule has 0 aliphatic carbocycles. The van der Waals surface area contributed by atoms with Crippen LogP contribution in [0.15, 0.2) is 18.2 Å². The number of para-hydroxylation sites is 1. The van der Waals surface area contributed by atoms with Gasteiger partial charge in [0.25, 0.3) is 5.91 Å². The second-order valence-corrected chi connectivity index (χ2v) is 6.33. The van der Waals surface area contributed by atoms with Gasteiger partial charge in [-0.3, -0.25) is 9.69 Å². The number of hydrogen-bond acceptors (Lipinski definition) is 4. The van der Waals surface area contributed by atoms with Gasteiger partial charge in [-0.05, 0) is 50.9 Å². The number of fused-ring (bicyclic) bond motifs is 1. The van der Waals surface area contributed by atoms with Gasteiger partial charge in [-0.1, -0.05) is 6.07 Å². The van der Waals surface area contributed by atoms with Crippen molar-refractivity contribution in [3.63, 3.8) is 0 Å². The maximum Gasteiger partial charge on any atom is 0.257 e. The average Bonchev–Trinajstić information content (AvgIpc) is 3.25. The SMILES string of the molecule is O=C(c1cccc2c1OCO2)N1CCCC(N2CCCC2)C1. The molecule has 1 aromatic carbocycles. The van der Waals surface area contributed by atoms with Crippen LogP contribution in [-0.4, -0.2) is 54.7 Å². The molecule has 4 rings (SSSR count). The van der Waals surface area contributed by atoms with Gasteiger partial charge in [0.05, 0.1) is 5.56 Å². The summed E-state index contributed by atoms with van der Waals surface area (Å²) in [5.41, 5.74) is 0.636. The lowest BCUT2D eigenvalue weighted by molar-refractivity contribution is 0.0604. The Labute approximate surface area is 130 Å². The van der Waals surface area contributed by atoms with Gasteiger partial charge in [-0.2, -0.15) is 0 Å². The minimum Gasteiger partial charge on any atom is -0.454 e. The van der Waals surface area contributed by atoms with E-state index in [4.69, 9.17) is 9.47 Å². The number of rotatable bonds is 2. The number of ether oxygens (including phenoxy) is 2. The van der Waals surface area contributed by atoms with Gasteiger partial charge in [0.1, 0.15) is 0 Å². The van der Waals surface area contributed by atoms with Gasteiger partial charge in [-0.25, -0.2) is 0 Å². The molecule has 0 radical (unpaired) electrons. The zero-order valence-electron chi connectivity index (χ0n) is 12.8. The van der Waals surface area contributed by atoms with Crippen LogP contribution in [0.1, 0.15) is 36.0 Å². The molecule has 2 saturated heterocycles. The maximum atomic E-state index is 12.9. The number of carbonyl (C=O) groups is 1. The first kappa shape index (κ1) is 13.9. The smallest absolute Gasteiger partial charge is 0.257 e. The van der Waals surface area contributed by atoms with E-state index in [2.05, 4.69) is 4.90 Å². The molecule has 3 heterocycles. The minimum atomic E-state index is 0.0752. The topological polar surface area (TPSA) is 42.0 Å². The van der Waals surface area contributed by atoms with E-state index < -0.39 is 0 Å². The van der Waals surface area contributed by atoms with Crippen molar-refractivity contribution in [1.82, 2.24) is 9.80 Å². The molecule has 0 aromatic heterocycles. The van der Waals surface area contributed by atoms with Crippen molar-refractivity contribution in [3.05, 3.63) is 23.8 Å². The van der Waals surface area contributed by atoms with Gasteiger partial charge in [-0.15, -0.1) is 0 Å². The lowest BCUT2D eigenvalue weighted by atomic mass is 10.0. The Hall–Kier alpha value is -1.75. The van der Waals surface area contributed by atoms with E-state index >= 15 is 0 Å². The van der Waals surface area contributed by atoms with E-state index in [-0.39, 0.29) is 12.7 Å². The summed E-state index contributed by atoms with van der Waals surface area (Å²) in [6.07, 6.45) is 4.87. The molecule has 0 saturated carbocycles. The highest BCUT2D eigenvalue weighted by atomic mass is 16.7. The van der Waals surface area contributed by atoms with Crippen molar-refractivity contribution in [2.45, 2.75) is 31.7 Å². The van der Waals surface area contributed by atoms with E-state index in [0.29, 0.717) is 23.1 Å². The Bertz CT molecular complexity index is 569. The standard InChI is InChI=1S/C17H22N2O3/c20-17(14-6-3-7-15-16(14)22-12-21-15)19-10-4-5-13(11-19)18-8-1-2-9-18/h3,6-7,13H,1-2,4-5,8-12H2. The Balaban J connectivity index is 1.51. The molecule has 0 bridgehead atoms. The molecule has 1 unspecified atom stereocenters. The number of carbonyl (C=O) groups excluding carboxylic acids is 1. The molecular formula is C17H22N2O3. The molecule has 0 N–H and O–H groups in total. The molecule has 2 fully saturated rings. The van der Waals surface area contributed by atoms with Gasteiger partial charge >= 0.3 is 0 Å². The van der Waals surface area contributed by atoms with Crippen LogP contribution in [0.4, 0.5) is 0 Å². The lowest BCUT2D eigenvalue weighted by Crippen LogP contribution is -2.49. The summed E-state index contributed by atoms with van der Waals surface area (Å²) in [4.78, 5) is 17.4. The van der Waals surface area contributed by atoms with Crippen molar-refractivity contribution in [2.75, 3.05) is 33.0 Å². The van der Waals surface area contributed by atoms with Crippen LogP contribution in [0.25, 0.3) is 0 Å². The molecule has 118 valence electrons. The first-order valence-corrected chi connectivity index (χ1v) is 8.25. The Morgan fingerprint density at radius 3 is 2.82 bits per heavy atom. The van der Waals surface area contributed by atoms with Crippen LogP contribution in [0, 0.1) is 0 Å². The van der Waals surface area contributed by atoms with E-state index in [0.717, 1.165) is 19.5 Å². The highest BCUT2D eigenvalue weighted by molar-refractivity contribution is 5.98. The summed E-state index contributed by atoms with van der Waals surface area (Å²) in [6, 6.07) is 6.08. The molecule has 22 heavy (non-hydrogen) atoms. The zero-order valence-corrected chi connectivity index (χ0v) is 12.8. The van der Waals surface area contributed by atoms with Crippen molar-refractivity contribution in [2.24, 2.45) is 0 Å². The Morgan fingerprint density at radius 1 is 1.09 bits per heavy atom. The summed E-state index contributed by atoms with van der Waals surface area (Å²) in [6.45, 7) is 4.25. The third-order valence-corrected chi connectivity index (χ3v) is 4.97. The normalized spacial score (nSPS) is 24.7. The molecule has 0 spiro atoms. The van der Waals surface area contributed by atoms with Crippen molar-refractivity contribution in [1.29, 1.82) is 0 Å². The Morgan fingerprint density at radius 2 is 1.95 bits per heavy atom. The second kappa shape index (κ2) is 5.80. The maximum absolute atomic E-state index is 12.9. The van der Waals surface area contributed by atoms with Gasteiger partial charge < -0.3 is 14.4 Å².